The maximum absolute atomic E-state index is 7.46. The Balaban J connectivity index is 1.24. The van der Waals surface area contributed by atoms with Crippen LogP contribution in [0.15, 0.2) is 186 Å². The van der Waals surface area contributed by atoms with Crippen LogP contribution in [0.1, 0.15) is 22.3 Å². The predicted octanol–water partition coefficient (Wildman–Crippen LogP) is 12.5. The van der Waals surface area contributed by atoms with Gasteiger partial charge in [0.25, 0.3) is 0 Å². The Labute approximate surface area is 307 Å². The third-order valence-corrected chi connectivity index (χ3v) is 11.5. The van der Waals surface area contributed by atoms with Crippen molar-refractivity contribution in [3.63, 3.8) is 0 Å². The molecule has 0 saturated heterocycles. The van der Waals surface area contributed by atoms with E-state index in [9.17, 15) is 0 Å². The summed E-state index contributed by atoms with van der Waals surface area (Å²) in [4.78, 5) is 16.6. The standard InChI is InChI=1S/C48H29N3S/c1-49-36-24-20-31(21-25-36)34-23-27-46-42(28-34)48(40-18-10-11-19-45(40)52-46)39-17-9-8-16-37(39)38-26-22-35(29-41(38)48)47-50-43(32-12-4-2-5-13-32)30-44(51-47)33-14-6-3-7-15-33/h2-30H. The number of benzene rings is 7. The first-order valence-corrected chi connectivity index (χ1v) is 18.2. The molecule has 1 aliphatic carbocycles. The minimum absolute atomic E-state index is 0.565. The van der Waals surface area contributed by atoms with Gasteiger partial charge in [-0.05, 0) is 74.8 Å². The van der Waals surface area contributed by atoms with Crippen molar-refractivity contribution in [2.24, 2.45) is 0 Å². The highest BCUT2D eigenvalue weighted by atomic mass is 32.2. The van der Waals surface area contributed by atoms with E-state index >= 15 is 0 Å². The van der Waals surface area contributed by atoms with Gasteiger partial charge in [0.15, 0.2) is 11.5 Å². The van der Waals surface area contributed by atoms with Gasteiger partial charge in [-0.2, -0.15) is 0 Å². The fraction of sp³-hybridized carbons (Fsp3) is 0.0208. The van der Waals surface area contributed by atoms with E-state index in [2.05, 4.69) is 157 Å². The lowest BCUT2D eigenvalue weighted by Crippen LogP contribution is -2.32. The summed E-state index contributed by atoms with van der Waals surface area (Å²) in [6.07, 6.45) is 0. The van der Waals surface area contributed by atoms with Gasteiger partial charge in [-0.1, -0.05) is 157 Å². The largest absolute Gasteiger partial charge is 0.238 e. The first kappa shape index (κ1) is 30.3. The minimum atomic E-state index is -0.565. The van der Waals surface area contributed by atoms with E-state index in [1.165, 1.54) is 43.2 Å². The van der Waals surface area contributed by atoms with Gasteiger partial charge >= 0.3 is 0 Å². The van der Waals surface area contributed by atoms with Gasteiger partial charge in [0.2, 0.25) is 0 Å². The summed E-state index contributed by atoms with van der Waals surface area (Å²) in [7, 11) is 0. The lowest BCUT2D eigenvalue weighted by atomic mass is 9.67. The maximum atomic E-state index is 7.46. The molecule has 4 heteroatoms. The van der Waals surface area contributed by atoms with Gasteiger partial charge in [-0.3, -0.25) is 0 Å². The molecular weight excluding hydrogens is 651 g/mol. The van der Waals surface area contributed by atoms with Gasteiger partial charge < -0.3 is 0 Å². The van der Waals surface area contributed by atoms with Gasteiger partial charge in [0, 0.05) is 26.5 Å². The summed E-state index contributed by atoms with van der Waals surface area (Å²) in [6, 6.07) is 62.2. The summed E-state index contributed by atoms with van der Waals surface area (Å²) in [5.41, 5.74) is 14.7. The lowest BCUT2D eigenvalue weighted by molar-refractivity contribution is 0.723. The van der Waals surface area contributed by atoms with Gasteiger partial charge in [0.1, 0.15) is 0 Å². The molecule has 2 aliphatic rings. The molecule has 52 heavy (non-hydrogen) atoms. The summed E-state index contributed by atoms with van der Waals surface area (Å²) in [5, 5.41) is 0. The number of rotatable bonds is 4. The van der Waals surface area contributed by atoms with Crippen LogP contribution in [0.3, 0.4) is 0 Å². The van der Waals surface area contributed by atoms with Gasteiger partial charge in [-0.25, -0.2) is 14.8 Å². The van der Waals surface area contributed by atoms with Crippen molar-refractivity contribution in [1.82, 2.24) is 9.97 Å². The lowest BCUT2D eigenvalue weighted by Gasteiger charge is -2.40. The van der Waals surface area contributed by atoms with Crippen molar-refractivity contribution in [3.05, 3.63) is 210 Å². The van der Waals surface area contributed by atoms with E-state index in [4.69, 9.17) is 16.5 Å². The second kappa shape index (κ2) is 12.1. The Morgan fingerprint density at radius 3 is 1.69 bits per heavy atom. The zero-order valence-electron chi connectivity index (χ0n) is 28.0. The maximum Gasteiger partial charge on any atom is 0.187 e. The first-order valence-electron chi connectivity index (χ1n) is 17.4. The third-order valence-electron chi connectivity index (χ3n) is 10.4. The predicted molar refractivity (Wildman–Crippen MR) is 211 cm³/mol. The van der Waals surface area contributed by atoms with E-state index < -0.39 is 5.41 Å². The molecule has 0 radical (unpaired) electrons. The first-order chi connectivity index (χ1) is 25.7. The Bertz CT molecular complexity index is 2660. The molecular formula is C48H29N3S. The van der Waals surface area contributed by atoms with E-state index in [0.29, 0.717) is 11.5 Å². The van der Waals surface area contributed by atoms with E-state index in [1.807, 2.05) is 36.0 Å². The normalized spacial score (nSPS) is 14.9. The molecule has 10 rings (SSSR count). The number of nitrogens with zero attached hydrogens (tertiary/aromatic N) is 3. The average molecular weight is 680 g/mol. The summed E-state index contributed by atoms with van der Waals surface area (Å²) in [6.45, 7) is 7.46. The van der Waals surface area contributed by atoms with Crippen LogP contribution in [0.5, 0.6) is 0 Å². The van der Waals surface area contributed by atoms with Crippen LogP contribution in [-0.2, 0) is 5.41 Å². The topological polar surface area (TPSA) is 30.1 Å². The molecule has 0 bridgehead atoms. The molecule has 0 N–H and O–H groups in total. The number of fused-ring (bicyclic) bond motifs is 9. The van der Waals surface area contributed by atoms with Crippen LogP contribution in [-0.4, -0.2) is 9.97 Å². The Kier molecular flexibility index (Phi) is 7.02. The summed E-state index contributed by atoms with van der Waals surface area (Å²) in [5.74, 6) is 0.696. The van der Waals surface area contributed by atoms with Crippen molar-refractivity contribution < 1.29 is 0 Å². The van der Waals surface area contributed by atoms with E-state index in [1.54, 1.807) is 0 Å². The average Bonchev–Trinajstić information content (AvgIpc) is 3.51. The molecule has 242 valence electrons. The molecule has 1 unspecified atom stereocenters. The minimum Gasteiger partial charge on any atom is -0.238 e. The summed E-state index contributed by atoms with van der Waals surface area (Å²) >= 11 is 1.84. The van der Waals surface area contributed by atoms with Crippen molar-refractivity contribution >= 4 is 17.4 Å². The van der Waals surface area contributed by atoms with Crippen LogP contribution in [0.25, 0.3) is 61.0 Å². The molecule has 1 atom stereocenters. The molecule has 2 heterocycles. The number of hydrogen-bond acceptors (Lipinski definition) is 3. The molecule has 0 fully saturated rings. The second-order valence-corrected chi connectivity index (χ2v) is 14.3. The van der Waals surface area contributed by atoms with Crippen molar-refractivity contribution in [2.75, 3.05) is 0 Å². The van der Waals surface area contributed by atoms with Gasteiger partial charge in [-0.15, -0.1) is 0 Å². The van der Waals surface area contributed by atoms with Crippen LogP contribution in [0, 0.1) is 6.57 Å². The zero-order chi connectivity index (χ0) is 34.6. The molecule has 0 amide bonds. The fourth-order valence-electron chi connectivity index (χ4n) is 8.04. The highest BCUT2D eigenvalue weighted by Crippen LogP contribution is 2.62. The monoisotopic (exact) mass is 679 g/mol. The quantitative estimate of drug-likeness (QED) is 0.173. The zero-order valence-corrected chi connectivity index (χ0v) is 28.8. The highest BCUT2D eigenvalue weighted by molar-refractivity contribution is 7.99. The van der Waals surface area contributed by atoms with Crippen LogP contribution in [0.4, 0.5) is 5.69 Å². The Morgan fingerprint density at radius 2 is 0.981 bits per heavy atom. The van der Waals surface area contributed by atoms with Crippen LogP contribution < -0.4 is 0 Å². The van der Waals surface area contributed by atoms with Crippen molar-refractivity contribution in [1.29, 1.82) is 0 Å². The van der Waals surface area contributed by atoms with E-state index in [0.717, 1.165) is 39.2 Å². The Hall–Kier alpha value is -6.54. The molecule has 1 aromatic heterocycles. The SMILES string of the molecule is [C-]#[N+]c1ccc(-c2ccc3c(c2)C2(c4ccccc4S3)c3ccccc3-c3ccc(-c4nc(-c5ccccc5)cc(-c5ccccc5)n4)cc32)cc1. The molecule has 0 saturated carbocycles. The molecule has 1 aliphatic heterocycles. The number of aromatic nitrogens is 2. The molecule has 7 aromatic carbocycles. The summed E-state index contributed by atoms with van der Waals surface area (Å²) < 4.78 is 0. The molecule has 1 spiro atoms. The van der Waals surface area contributed by atoms with Gasteiger partial charge in [0.05, 0.1) is 23.4 Å². The number of hydrogen-bond donors (Lipinski definition) is 0. The van der Waals surface area contributed by atoms with Crippen molar-refractivity contribution in [3.8, 4) is 56.2 Å². The Morgan fingerprint density at radius 1 is 0.423 bits per heavy atom. The third kappa shape index (κ3) is 4.67. The molecule has 8 aromatic rings. The molecule has 3 nitrogen and oxygen atoms in total. The van der Waals surface area contributed by atoms with Crippen LogP contribution in [0.2, 0.25) is 0 Å². The van der Waals surface area contributed by atoms with Crippen LogP contribution >= 0.6 is 11.8 Å². The van der Waals surface area contributed by atoms with Crippen molar-refractivity contribution in [2.45, 2.75) is 15.2 Å². The smallest absolute Gasteiger partial charge is 0.187 e. The van der Waals surface area contributed by atoms with E-state index in [-0.39, 0.29) is 0 Å². The second-order valence-electron chi connectivity index (χ2n) is 13.2. The fourth-order valence-corrected chi connectivity index (χ4v) is 9.21. The highest BCUT2D eigenvalue weighted by Gasteiger charge is 2.50.